The van der Waals surface area contributed by atoms with Crippen molar-refractivity contribution in [2.75, 3.05) is 13.4 Å². The zero-order valence-electron chi connectivity index (χ0n) is 12.3. The fraction of sp³-hybridized carbons (Fsp3) is 0.500. The van der Waals surface area contributed by atoms with E-state index in [4.69, 9.17) is 10.1 Å². The molecule has 0 radical (unpaired) electrons. The summed E-state index contributed by atoms with van der Waals surface area (Å²) in [7, 11) is 1.40. The van der Waals surface area contributed by atoms with Crippen molar-refractivity contribution in [2.24, 2.45) is 0 Å². The van der Waals surface area contributed by atoms with Crippen molar-refractivity contribution in [2.45, 2.75) is 38.5 Å². The standard InChI is InChI=1S/C16H21NO2S/c1-4-10-8-12(11-6-5-7-11)14(15(17)20-3)9-13(10)16(18)19-2/h8-9,11,17H,4-7H2,1-3H3. The summed E-state index contributed by atoms with van der Waals surface area (Å²) in [5.41, 5.74) is 3.77. The Balaban J connectivity index is 2.55. The molecule has 4 heteroatoms. The van der Waals surface area contributed by atoms with Gasteiger partial charge in [-0.2, -0.15) is 0 Å². The SMILES string of the molecule is CCc1cc(C2CCC2)c(C(=N)SC)cc1C(=O)OC. The number of hydrogen-bond acceptors (Lipinski definition) is 4. The minimum atomic E-state index is -0.308. The van der Waals surface area contributed by atoms with Crippen LogP contribution in [0.2, 0.25) is 0 Å². The van der Waals surface area contributed by atoms with Gasteiger partial charge in [-0.3, -0.25) is 5.41 Å². The Morgan fingerprint density at radius 3 is 2.55 bits per heavy atom. The number of esters is 1. The van der Waals surface area contributed by atoms with E-state index in [2.05, 4.69) is 6.07 Å². The fourth-order valence-corrected chi connectivity index (χ4v) is 3.02. The summed E-state index contributed by atoms with van der Waals surface area (Å²) in [6, 6.07) is 3.98. The van der Waals surface area contributed by atoms with E-state index >= 15 is 0 Å². The average Bonchev–Trinajstić information content (AvgIpc) is 2.43. The van der Waals surface area contributed by atoms with Gasteiger partial charge in [0.05, 0.1) is 17.7 Å². The summed E-state index contributed by atoms with van der Waals surface area (Å²) in [6.07, 6.45) is 6.34. The zero-order chi connectivity index (χ0) is 14.7. The number of methoxy groups -OCH3 is 1. The van der Waals surface area contributed by atoms with Crippen LogP contribution in [-0.4, -0.2) is 24.4 Å². The molecule has 0 spiro atoms. The largest absolute Gasteiger partial charge is 0.465 e. The van der Waals surface area contributed by atoms with Crippen LogP contribution in [0.5, 0.6) is 0 Å². The first-order valence-electron chi connectivity index (χ1n) is 7.00. The van der Waals surface area contributed by atoms with Gasteiger partial charge in [-0.25, -0.2) is 4.79 Å². The first-order chi connectivity index (χ1) is 9.62. The molecule has 0 amide bonds. The van der Waals surface area contributed by atoms with Crippen LogP contribution in [-0.2, 0) is 11.2 Å². The normalized spacial score (nSPS) is 14.8. The Morgan fingerprint density at radius 1 is 1.40 bits per heavy atom. The molecule has 1 aromatic rings. The predicted molar refractivity (Wildman–Crippen MR) is 84.1 cm³/mol. The third kappa shape index (κ3) is 2.75. The highest BCUT2D eigenvalue weighted by Crippen LogP contribution is 2.40. The minimum absolute atomic E-state index is 0.308. The van der Waals surface area contributed by atoms with Gasteiger partial charge >= 0.3 is 5.97 Å². The van der Waals surface area contributed by atoms with Crippen molar-refractivity contribution < 1.29 is 9.53 Å². The van der Waals surface area contributed by atoms with E-state index in [0.29, 0.717) is 16.5 Å². The number of benzene rings is 1. The molecule has 0 aliphatic heterocycles. The van der Waals surface area contributed by atoms with Gasteiger partial charge < -0.3 is 4.74 Å². The molecule has 1 aliphatic rings. The Labute approximate surface area is 124 Å². The number of thioether (sulfide) groups is 1. The summed E-state index contributed by atoms with van der Waals surface area (Å²) >= 11 is 1.42. The molecular formula is C16H21NO2S. The molecule has 1 N–H and O–H groups in total. The van der Waals surface area contributed by atoms with Crippen LogP contribution >= 0.6 is 11.8 Å². The molecular weight excluding hydrogens is 270 g/mol. The summed E-state index contributed by atoms with van der Waals surface area (Å²) in [5, 5.41) is 8.67. The maximum absolute atomic E-state index is 11.9. The Bertz CT molecular complexity index is 536. The molecule has 1 aromatic carbocycles. The van der Waals surface area contributed by atoms with Crippen LogP contribution in [0.4, 0.5) is 0 Å². The minimum Gasteiger partial charge on any atom is -0.465 e. The van der Waals surface area contributed by atoms with Crippen LogP contribution in [0.25, 0.3) is 0 Å². The summed E-state index contributed by atoms with van der Waals surface area (Å²) in [4.78, 5) is 11.9. The van der Waals surface area contributed by atoms with E-state index in [1.807, 2.05) is 19.2 Å². The monoisotopic (exact) mass is 291 g/mol. The number of nitrogens with one attached hydrogen (secondary N) is 1. The van der Waals surface area contributed by atoms with Gasteiger partial charge in [-0.05, 0) is 48.6 Å². The molecule has 2 rings (SSSR count). The lowest BCUT2D eigenvalue weighted by Gasteiger charge is -2.29. The van der Waals surface area contributed by atoms with Crippen LogP contribution in [0.1, 0.15) is 59.2 Å². The third-order valence-electron chi connectivity index (χ3n) is 4.06. The number of rotatable bonds is 4. The van der Waals surface area contributed by atoms with Crippen molar-refractivity contribution in [3.05, 3.63) is 34.4 Å². The maximum Gasteiger partial charge on any atom is 0.338 e. The summed E-state index contributed by atoms with van der Waals surface area (Å²) < 4.78 is 4.87. The lowest BCUT2D eigenvalue weighted by molar-refractivity contribution is 0.0599. The van der Waals surface area contributed by atoms with Crippen LogP contribution < -0.4 is 0 Å². The second kappa shape index (κ2) is 6.44. The second-order valence-corrected chi connectivity index (χ2v) is 5.92. The van der Waals surface area contributed by atoms with Crippen LogP contribution in [0.3, 0.4) is 0 Å². The number of aryl methyl sites for hydroxylation is 1. The van der Waals surface area contributed by atoms with Gasteiger partial charge in [0.1, 0.15) is 0 Å². The molecule has 3 nitrogen and oxygen atoms in total. The third-order valence-corrected chi connectivity index (χ3v) is 4.68. The molecule has 0 saturated heterocycles. The second-order valence-electron chi connectivity index (χ2n) is 5.10. The highest BCUT2D eigenvalue weighted by molar-refractivity contribution is 8.13. The maximum atomic E-state index is 11.9. The summed E-state index contributed by atoms with van der Waals surface area (Å²) in [5.74, 6) is 0.242. The Kier molecular flexibility index (Phi) is 4.86. The Hall–Kier alpha value is -1.29. The van der Waals surface area contributed by atoms with E-state index in [1.165, 1.54) is 43.7 Å². The van der Waals surface area contributed by atoms with Gasteiger partial charge in [0.15, 0.2) is 0 Å². The van der Waals surface area contributed by atoms with Crippen molar-refractivity contribution in [3.8, 4) is 0 Å². The molecule has 1 fully saturated rings. The number of carbonyl (C=O) groups is 1. The van der Waals surface area contributed by atoms with E-state index in [0.717, 1.165) is 17.5 Å². The van der Waals surface area contributed by atoms with Gasteiger partial charge in [0.25, 0.3) is 0 Å². The highest BCUT2D eigenvalue weighted by atomic mass is 32.2. The first-order valence-corrected chi connectivity index (χ1v) is 8.22. The topological polar surface area (TPSA) is 50.2 Å². The zero-order valence-corrected chi connectivity index (χ0v) is 13.1. The first kappa shape index (κ1) is 15.1. The molecule has 0 atom stereocenters. The molecule has 20 heavy (non-hydrogen) atoms. The van der Waals surface area contributed by atoms with Gasteiger partial charge in [-0.15, -0.1) is 11.8 Å². The molecule has 108 valence electrons. The van der Waals surface area contributed by atoms with Gasteiger partial charge in [-0.1, -0.05) is 19.4 Å². The van der Waals surface area contributed by atoms with Gasteiger partial charge in [0.2, 0.25) is 0 Å². The molecule has 0 aromatic heterocycles. The molecule has 0 bridgehead atoms. The van der Waals surface area contributed by atoms with Crippen LogP contribution in [0.15, 0.2) is 12.1 Å². The molecule has 1 saturated carbocycles. The van der Waals surface area contributed by atoms with Crippen molar-refractivity contribution in [3.63, 3.8) is 0 Å². The lowest BCUT2D eigenvalue weighted by atomic mass is 9.77. The van der Waals surface area contributed by atoms with E-state index in [1.54, 1.807) is 0 Å². The Morgan fingerprint density at radius 2 is 2.10 bits per heavy atom. The average molecular weight is 291 g/mol. The fourth-order valence-electron chi connectivity index (χ4n) is 2.62. The quantitative estimate of drug-likeness (QED) is 0.518. The smallest absolute Gasteiger partial charge is 0.338 e. The van der Waals surface area contributed by atoms with Crippen LogP contribution in [0, 0.1) is 5.41 Å². The number of hydrogen-bond donors (Lipinski definition) is 1. The predicted octanol–water partition coefficient (Wildman–Crippen LogP) is 3.99. The van der Waals surface area contributed by atoms with Crippen molar-refractivity contribution in [1.82, 2.24) is 0 Å². The lowest BCUT2D eigenvalue weighted by Crippen LogP contribution is -2.16. The van der Waals surface area contributed by atoms with E-state index in [9.17, 15) is 4.79 Å². The van der Waals surface area contributed by atoms with E-state index in [-0.39, 0.29) is 5.97 Å². The molecule has 1 aliphatic carbocycles. The number of carbonyl (C=O) groups excluding carboxylic acids is 1. The van der Waals surface area contributed by atoms with E-state index < -0.39 is 0 Å². The van der Waals surface area contributed by atoms with Gasteiger partial charge in [0, 0.05) is 5.56 Å². The number of ether oxygens (including phenoxy) is 1. The highest BCUT2D eigenvalue weighted by Gasteiger charge is 2.26. The summed E-state index contributed by atoms with van der Waals surface area (Å²) in [6.45, 7) is 2.05. The van der Waals surface area contributed by atoms with Crippen molar-refractivity contribution in [1.29, 1.82) is 5.41 Å². The molecule has 0 heterocycles. The molecule has 0 unspecified atom stereocenters. The van der Waals surface area contributed by atoms with Crippen molar-refractivity contribution >= 4 is 22.8 Å².